The van der Waals surface area contributed by atoms with Crippen molar-refractivity contribution >= 4 is 46.5 Å². The number of halogens is 2. The first-order valence-electron chi connectivity index (χ1n) is 14.1. The predicted molar refractivity (Wildman–Crippen MR) is 168 cm³/mol. The molecule has 0 fully saturated rings. The summed E-state index contributed by atoms with van der Waals surface area (Å²) in [6, 6.07) is 8.32. The molecule has 0 spiro atoms. The van der Waals surface area contributed by atoms with Crippen molar-refractivity contribution in [1.82, 2.24) is 5.32 Å². The lowest BCUT2D eigenvalue weighted by Crippen LogP contribution is -2.47. The van der Waals surface area contributed by atoms with Crippen molar-refractivity contribution in [1.29, 1.82) is 0 Å². The predicted octanol–water partition coefficient (Wildman–Crippen LogP) is 6.03. The molecule has 0 saturated heterocycles. The highest BCUT2D eigenvalue weighted by atomic mass is 35.5. The average Bonchev–Trinajstić information content (AvgIpc) is 3.27. The van der Waals surface area contributed by atoms with Crippen molar-refractivity contribution in [3.05, 3.63) is 91.2 Å². The molecule has 9 nitrogen and oxygen atoms in total. The summed E-state index contributed by atoms with van der Waals surface area (Å²) >= 11 is 12.3. The number of allylic oxidation sites excluding steroid dienone is 2. The van der Waals surface area contributed by atoms with Crippen LogP contribution in [0.4, 0.5) is 0 Å². The number of carbonyl (C=O) groups is 4. The van der Waals surface area contributed by atoms with E-state index in [1.807, 2.05) is 32.9 Å². The molecule has 0 aromatic heterocycles. The fraction of sp³-hybridized carbons (Fsp3) is 0.294. The maximum absolute atomic E-state index is 13.8. The summed E-state index contributed by atoms with van der Waals surface area (Å²) in [5.41, 5.74) is 2.60. The van der Waals surface area contributed by atoms with Gasteiger partial charge in [0.1, 0.15) is 52.3 Å². The Morgan fingerprint density at radius 3 is 2.42 bits per heavy atom. The third-order valence-corrected chi connectivity index (χ3v) is 9.21. The van der Waals surface area contributed by atoms with E-state index in [9.17, 15) is 24.3 Å². The Labute approximate surface area is 270 Å². The Morgan fingerprint density at radius 1 is 1.07 bits per heavy atom. The van der Waals surface area contributed by atoms with Gasteiger partial charge in [-0.3, -0.25) is 19.2 Å². The lowest BCUT2D eigenvalue weighted by Gasteiger charge is -2.30. The van der Waals surface area contributed by atoms with Crippen molar-refractivity contribution in [3.8, 4) is 23.0 Å². The highest BCUT2D eigenvalue weighted by Gasteiger charge is 2.58. The van der Waals surface area contributed by atoms with Gasteiger partial charge in [0, 0.05) is 34.3 Å². The molecular formula is C34H31Cl2NO8. The van der Waals surface area contributed by atoms with Gasteiger partial charge in [-0.2, -0.15) is 0 Å². The van der Waals surface area contributed by atoms with E-state index in [2.05, 4.69) is 5.32 Å². The summed E-state index contributed by atoms with van der Waals surface area (Å²) in [6.45, 7) is 8.75. The van der Waals surface area contributed by atoms with Crippen molar-refractivity contribution in [2.45, 2.75) is 53.2 Å². The third-order valence-electron chi connectivity index (χ3n) is 8.63. The van der Waals surface area contributed by atoms with E-state index in [1.165, 1.54) is 20.1 Å². The third kappa shape index (κ3) is 5.34. The summed E-state index contributed by atoms with van der Waals surface area (Å²) < 4.78 is 17.5. The quantitative estimate of drug-likeness (QED) is 0.283. The summed E-state index contributed by atoms with van der Waals surface area (Å²) in [7, 11) is 1.33. The number of phenols is 1. The largest absolute Gasteiger partial charge is 0.507 e. The normalized spacial score (nSPS) is 18.5. The Bertz CT molecular complexity index is 1850. The monoisotopic (exact) mass is 651 g/mol. The van der Waals surface area contributed by atoms with E-state index in [-0.39, 0.29) is 47.3 Å². The van der Waals surface area contributed by atoms with Gasteiger partial charge in [0.2, 0.25) is 0 Å². The Hall–Kier alpha value is -4.34. The molecule has 1 aliphatic heterocycles. The van der Waals surface area contributed by atoms with Crippen LogP contribution in [0, 0.1) is 26.7 Å². The minimum atomic E-state index is -1.65. The molecule has 11 heteroatoms. The lowest BCUT2D eigenvalue weighted by atomic mass is 9.67. The number of rotatable bonds is 8. The van der Waals surface area contributed by atoms with Crippen LogP contribution in [0.2, 0.25) is 10.0 Å². The fourth-order valence-electron chi connectivity index (χ4n) is 5.92. The first kappa shape index (κ1) is 32.1. The number of ether oxygens (including phenoxy) is 3. The van der Waals surface area contributed by atoms with Gasteiger partial charge < -0.3 is 24.6 Å². The van der Waals surface area contributed by atoms with Crippen LogP contribution in [0.15, 0.2) is 42.2 Å². The fourth-order valence-corrected chi connectivity index (χ4v) is 6.39. The van der Waals surface area contributed by atoms with E-state index in [0.717, 1.165) is 40.8 Å². The second-order valence-electron chi connectivity index (χ2n) is 11.4. The molecule has 0 bridgehead atoms. The topological polar surface area (TPSA) is 128 Å². The molecule has 1 unspecified atom stereocenters. The van der Waals surface area contributed by atoms with Crippen LogP contribution in [-0.4, -0.2) is 35.5 Å². The lowest BCUT2D eigenvalue weighted by molar-refractivity contribution is -0.140. The first-order valence-corrected chi connectivity index (χ1v) is 14.8. The number of fused-ring (bicyclic) bond motifs is 3. The number of ketones is 3. The van der Waals surface area contributed by atoms with Gasteiger partial charge in [-0.25, -0.2) is 0 Å². The van der Waals surface area contributed by atoms with Gasteiger partial charge in [0.05, 0.1) is 12.7 Å². The molecular weight excluding hydrogens is 621 g/mol. The van der Waals surface area contributed by atoms with Gasteiger partial charge in [-0.1, -0.05) is 29.3 Å². The molecule has 0 radical (unpaired) electrons. The number of aromatic hydroxyl groups is 1. The Kier molecular flexibility index (Phi) is 8.46. The second-order valence-corrected chi connectivity index (χ2v) is 12.2. The van der Waals surface area contributed by atoms with Gasteiger partial charge in [-0.15, -0.1) is 0 Å². The number of aryl methyl sites for hydroxylation is 1. The van der Waals surface area contributed by atoms with E-state index in [0.29, 0.717) is 15.8 Å². The molecule has 1 aliphatic carbocycles. The van der Waals surface area contributed by atoms with E-state index in [4.69, 9.17) is 37.4 Å². The molecule has 2 atom stereocenters. The van der Waals surface area contributed by atoms with Crippen LogP contribution in [-0.2, 0) is 33.0 Å². The Morgan fingerprint density at radius 2 is 1.78 bits per heavy atom. The molecule has 0 saturated carbocycles. The van der Waals surface area contributed by atoms with E-state index >= 15 is 0 Å². The second kappa shape index (κ2) is 11.9. The number of amides is 1. The summed E-state index contributed by atoms with van der Waals surface area (Å²) in [5.74, 6) is -4.07. The van der Waals surface area contributed by atoms with Crippen LogP contribution in [0.5, 0.6) is 23.0 Å². The van der Waals surface area contributed by atoms with Gasteiger partial charge in [-0.05, 0) is 75.1 Å². The first-order chi connectivity index (χ1) is 21.2. The Balaban J connectivity index is 1.44. The zero-order chi connectivity index (χ0) is 33.0. The molecule has 234 valence electrons. The average molecular weight is 653 g/mol. The van der Waals surface area contributed by atoms with Crippen molar-refractivity contribution < 1.29 is 38.5 Å². The van der Waals surface area contributed by atoms with Crippen LogP contribution >= 0.6 is 23.2 Å². The number of hydrogen-bond donors (Lipinski definition) is 2. The number of Topliss-reactive ketones (excluding diaryl/α,β-unsaturated/α-hetero) is 2. The van der Waals surface area contributed by atoms with Crippen LogP contribution in [0.25, 0.3) is 0 Å². The zero-order valence-corrected chi connectivity index (χ0v) is 27.0. The van der Waals surface area contributed by atoms with Crippen molar-refractivity contribution in [3.63, 3.8) is 0 Å². The van der Waals surface area contributed by atoms with Crippen LogP contribution in [0.3, 0.4) is 0 Å². The minimum Gasteiger partial charge on any atom is -0.507 e. The molecule has 1 heterocycles. The van der Waals surface area contributed by atoms with Crippen LogP contribution < -0.4 is 19.5 Å². The smallest absolute Gasteiger partial charge is 0.259 e. The maximum atomic E-state index is 13.8. The SMILES string of the molecule is COc1cc(O)c2c(c1C(=O)NCc1c(C)cc(OCc3ccc(Cl)cc3Cl)c(C)c1C)OC1=CC(=O)C(C(C)=O)C(=O)[C@]12C. The molecule has 5 rings (SSSR count). The molecule has 2 aliphatic rings. The van der Waals surface area contributed by atoms with E-state index in [1.54, 1.807) is 12.1 Å². The molecule has 3 aromatic carbocycles. The standard InChI is InChI=1S/C34H31Cl2NO8/c1-15-9-25(44-14-19-7-8-20(35)10-22(19)36)17(3)16(2)21(15)13-37-33(42)29-26(43-6)11-24(40)30-31(29)45-27-12-23(39)28(18(4)38)32(41)34(27,30)5/h7-12,28,40H,13-14H2,1-6H3,(H,37,42)/t28?,34-/m1/s1. The number of phenolic OH excluding ortho intramolecular Hbond substituents is 1. The number of methoxy groups -OCH3 is 1. The molecule has 1 amide bonds. The molecule has 45 heavy (non-hydrogen) atoms. The highest BCUT2D eigenvalue weighted by Crippen LogP contribution is 2.56. The number of nitrogens with one attached hydrogen (secondary N) is 1. The maximum Gasteiger partial charge on any atom is 0.259 e. The van der Waals surface area contributed by atoms with Gasteiger partial charge >= 0.3 is 0 Å². The molecule has 3 aromatic rings. The van der Waals surface area contributed by atoms with Gasteiger partial charge in [0.25, 0.3) is 5.91 Å². The van der Waals surface area contributed by atoms with Crippen LogP contribution in [0.1, 0.15) is 57.6 Å². The highest BCUT2D eigenvalue weighted by molar-refractivity contribution is 6.35. The minimum absolute atomic E-state index is 0.00252. The zero-order valence-electron chi connectivity index (χ0n) is 25.5. The number of hydrogen-bond acceptors (Lipinski definition) is 8. The van der Waals surface area contributed by atoms with Crippen molar-refractivity contribution in [2.75, 3.05) is 7.11 Å². The number of carbonyl (C=O) groups excluding carboxylic acids is 4. The summed E-state index contributed by atoms with van der Waals surface area (Å²) in [4.78, 5) is 52.1. The van der Waals surface area contributed by atoms with Gasteiger partial charge in [0.15, 0.2) is 17.3 Å². The summed E-state index contributed by atoms with van der Waals surface area (Å²) in [6.07, 6.45) is 1.08. The molecule has 2 N–H and O–H groups in total. The van der Waals surface area contributed by atoms with Crippen molar-refractivity contribution in [2.24, 2.45) is 5.92 Å². The summed E-state index contributed by atoms with van der Waals surface area (Å²) in [5, 5.41) is 14.9. The van der Waals surface area contributed by atoms with E-state index < -0.39 is 34.6 Å². The number of benzene rings is 3.